The average molecular weight is 741 g/mol. The van der Waals surface area contributed by atoms with Crippen molar-refractivity contribution in [2.24, 2.45) is 11.8 Å². The van der Waals surface area contributed by atoms with Gasteiger partial charge in [0.15, 0.2) is 0 Å². The zero-order valence-electron chi connectivity index (χ0n) is 31.8. The fraction of sp³-hybridized carbons (Fsp3) is 0.360. The minimum atomic E-state index is 0.153. The Morgan fingerprint density at radius 3 is 2.49 bits per heavy atom. The van der Waals surface area contributed by atoms with Crippen LogP contribution in [0, 0.1) is 11.8 Å². The highest BCUT2D eigenvalue weighted by molar-refractivity contribution is 7.20. The first-order chi connectivity index (χ1) is 27.3. The molecule has 0 bridgehead atoms. The Balaban J connectivity index is 1.02. The molecule has 4 unspecified atom stereocenters. The monoisotopic (exact) mass is 740 g/mol. The third kappa shape index (κ3) is 6.02. The Kier molecular flexibility index (Phi) is 8.78. The lowest BCUT2D eigenvalue weighted by atomic mass is 9.80. The Hall–Kier alpha value is -4.42. The van der Waals surface area contributed by atoms with Crippen molar-refractivity contribution >= 4 is 43.2 Å². The summed E-state index contributed by atoms with van der Waals surface area (Å²) in [5.74, 6) is 2.37. The van der Waals surface area contributed by atoms with Crippen LogP contribution >= 0.6 is 11.3 Å². The van der Waals surface area contributed by atoms with Gasteiger partial charge in [0.05, 0.1) is 17.1 Å². The number of benzene rings is 3. The molecular weight excluding hydrogens is 689 g/mol. The molecule has 3 aliphatic carbocycles. The summed E-state index contributed by atoms with van der Waals surface area (Å²) in [5, 5.41) is 15.4. The molecule has 0 radical (unpaired) electrons. The van der Waals surface area contributed by atoms with Gasteiger partial charge in [0.1, 0.15) is 0 Å². The van der Waals surface area contributed by atoms with Gasteiger partial charge in [0.2, 0.25) is 0 Å². The topological polar surface area (TPSA) is 41.0 Å². The van der Waals surface area contributed by atoms with E-state index in [0.29, 0.717) is 23.8 Å². The maximum Gasteiger partial charge on any atom is 0.0555 e. The van der Waals surface area contributed by atoms with Crippen molar-refractivity contribution in [1.29, 1.82) is 0 Å². The lowest BCUT2D eigenvalue weighted by Gasteiger charge is -2.36. The molecular formula is C50H52N4S. The van der Waals surface area contributed by atoms with Gasteiger partial charge in [0, 0.05) is 69.5 Å². The van der Waals surface area contributed by atoms with Crippen LogP contribution in [-0.4, -0.2) is 30.2 Å². The zero-order valence-corrected chi connectivity index (χ0v) is 32.6. The molecule has 2 fully saturated rings. The molecule has 1 saturated carbocycles. The lowest BCUT2D eigenvalue weighted by molar-refractivity contribution is 0.371. The molecule has 6 aliphatic rings. The largest absolute Gasteiger partial charge is 0.390 e. The molecule has 5 heteroatoms. The van der Waals surface area contributed by atoms with Crippen LogP contribution in [0.5, 0.6) is 0 Å². The van der Waals surface area contributed by atoms with Crippen molar-refractivity contribution in [1.82, 2.24) is 20.5 Å². The maximum absolute atomic E-state index is 4.13. The minimum Gasteiger partial charge on any atom is -0.390 e. The van der Waals surface area contributed by atoms with Gasteiger partial charge >= 0.3 is 0 Å². The number of allylic oxidation sites excluding steroid dienone is 7. The summed E-state index contributed by atoms with van der Waals surface area (Å²) >= 11 is 2.12. The molecule has 3 N–H and O–H groups in total. The summed E-state index contributed by atoms with van der Waals surface area (Å²) in [4.78, 5) is 1.67. The van der Waals surface area contributed by atoms with E-state index in [-0.39, 0.29) is 6.04 Å². The number of aromatic nitrogens is 1. The summed E-state index contributed by atoms with van der Waals surface area (Å²) in [6.45, 7) is 3.29. The molecule has 0 amide bonds. The fourth-order valence-corrected chi connectivity index (χ4v) is 12.3. The second-order valence-corrected chi connectivity index (χ2v) is 18.1. The second-order valence-electron chi connectivity index (χ2n) is 17.0. The van der Waals surface area contributed by atoms with Crippen molar-refractivity contribution in [2.45, 2.75) is 81.7 Å². The highest BCUT2D eigenvalue weighted by Gasteiger charge is 2.32. The molecule has 4 nitrogen and oxygen atoms in total. The first-order valence-electron chi connectivity index (χ1n) is 21.2. The van der Waals surface area contributed by atoms with Gasteiger partial charge in [-0.3, -0.25) is 0 Å². The molecule has 0 spiro atoms. The van der Waals surface area contributed by atoms with Crippen LogP contribution in [0.25, 0.3) is 37.6 Å². The third-order valence-corrected chi connectivity index (χ3v) is 15.2. The minimum absolute atomic E-state index is 0.153. The van der Waals surface area contributed by atoms with E-state index in [4.69, 9.17) is 0 Å². The fourth-order valence-electron chi connectivity index (χ4n) is 10.7. The van der Waals surface area contributed by atoms with E-state index in [1.165, 1.54) is 92.8 Å². The third-order valence-electron chi connectivity index (χ3n) is 13.8. The van der Waals surface area contributed by atoms with E-state index < -0.39 is 0 Å². The van der Waals surface area contributed by atoms with E-state index in [1.807, 2.05) is 0 Å². The zero-order chi connectivity index (χ0) is 36.3. The molecule has 278 valence electrons. The standard InChI is InChI=1S/C50H52N4S/c1-3-10-34(11-4-1)47-42-22-23-46-48(50(42)55-49(47)35-12-5-2-6-13-35)41-16-7-8-17-45(41)54(46)40-15-9-14-36(26-40)43-27-38(28-44(53-43)37-24-25-51-29-37)32-18-20-33(21-19-32)39-30-52-31-39/h1,3-4,7-10,14-18,20,22-27,34-35,37,39,43-44,51-53H,2,5-6,11-13,19,21,28-31H2. The van der Waals surface area contributed by atoms with Gasteiger partial charge in [-0.2, -0.15) is 0 Å². The molecule has 11 rings (SSSR count). The normalized spacial score (nSPS) is 26.0. The highest BCUT2D eigenvalue weighted by atomic mass is 32.1. The Bertz CT molecular complexity index is 2470. The predicted octanol–water partition coefficient (Wildman–Crippen LogP) is 11.6. The van der Waals surface area contributed by atoms with Crippen molar-refractivity contribution in [3.05, 3.63) is 148 Å². The lowest BCUT2D eigenvalue weighted by Crippen LogP contribution is -2.43. The number of nitrogens with one attached hydrogen (secondary N) is 3. The van der Waals surface area contributed by atoms with Crippen LogP contribution in [0.1, 0.15) is 91.7 Å². The van der Waals surface area contributed by atoms with E-state index in [1.54, 1.807) is 16.0 Å². The van der Waals surface area contributed by atoms with Crippen molar-refractivity contribution < 1.29 is 0 Å². The Morgan fingerprint density at radius 2 is 1.69 bits per heavy atom. The van der Waals surface area contributed by atoms with E-state index in [2.05, 4.69) is 147 Å². The van der Waals surface area contributed by atoms with Crippen LogP contribution in [0.4, 0.5) is 0 Å². The van der Waals surface area contributed by atoms with Crippen molar-refractivity contribution in [3.63, 3.8) is 0 Å². The summed E-state index contributed by atoms with van der Waals surface area (Å²) in [5.41, 5.74) is 11.5. The second kappa shape index (κ2) is 14.3. The summed E-state index contributed by atoms with van der Waals surface area (Å²) < 4.78 is 4.03. The molecule has 1 saturated heterocycles. The Morgan fingerprint density at radius 1 is 0.764 bits per heavy atom. The van der Waals surface area contributed by atoms with E-state index in [9.17, 15) is 0 Å². The van der Waals surface area contributed by atoms with Gasteiger partial charge in [0.25, 0.3) is 0 Å². The average Bonchev–Trinajstić information content (AvgIpc) is 3.98. The molecule has 3 aliphatic heterocycles. The number of fused-ring (bicyclic) bond motifs is 5. The molecule has 3 aromatic carbocycles. The summed E-state index contributed by atoms with van der Waals surface area (Å²) in [6.07, 6.45) is 32.6. The molecule has 5 aromatic rings. The molecule has 55 heavy (non-hydrogen) atoms. The number of hydrogen-bond donors (Lipinski definition) is 3. The van der Waals surface area contributed by atoms with Crippen molar-refractivity contribution in [3.8, 4) is 5.69 Å². The molecule has 2 aromatic heterocycles. The van der Waals surface area contributed by atoms with Crippen LogP contribution in [0.3, 0.4) is 0 Å². The SMILES string of the molecule is C1=CCC(c2c(C3CCCCC3)sc3c2ccc2c3c3ccccc3n2-c2cccc(C3C=C(C4=CC=C(C5CNC5)CC4)CC(C4C=CNC4)N3)c2)C=C1. The number of thiophene rings is 1. The van der Waals surface area contributed by atoms with E-state index >= 15 is 0 Å². The first kappa shape index (κ1) is 33.9. The van der Waals surface area contributed by atoms with Gasteiger partial charge in [-0.05, 0) is 103 Å². The van der Waals surface area contributed by atoms with Crippen LogP contribution < -0.4 is 16.0 Å². The van der Waals surface area contributed by atoms with Gasteiger partial charge < -0.3 is 20.5 Å². The summed E-state index contributed by atoms with van der Waals surface area (Å²) in [6, 6.07) is 24.0. The van der Waals surface area contributed by atoms with Crippen LogP contribution in [0.15, 0.2) is 132 Å². The van der Waals surface area contributed by atoms with Crippen LogP contribution in [0.2, 0.25) is 0 Å². The first-order valence-corrected chi connectivity index (χ1v) is 22.0. The quantitative estimate of drug-likeness (QED) is 0.156. The number of nitrogens with zero attached hydrogens (tertiary/aromatic N) is 1. The maximum atomic E-state index is 4.13. The van der Waals surface area contributed by atoms with Crippen molar-refractivity contribution in [2.75, 3.05) is 19.6 Å². The number of hydrogen-bond acceptors (Lipinski definition) is 4. The van der Waals surface area contributed by atoms with Crippen LogP contribution in [-0.2, 0) is 0 Å². The highest BCUT2D eigenvalue weighted by Crippen LogP contribution is 2.50. The number of rotatable bonds is 7. The smallest absolute Gasteiger partial charge is 0.0555 e. The predicted molar refractivity (Wildman–Crippen MR) is 232 cm³/mol. The Labute approximate surface area is 329 Å². The van der Waals surface area contributed by atoms with Gasteiger partial charge in [-0.1, -0.05) is 110 Å². The number of para-hydroxylation sites is 1. The molecule has 5 heterocycles. The van der Waals surface area contributed by atoms with E-state index in [0.717, 1.165) is 44.8 Å². The molecule has 4 atom stereocenters. The summed E-state index contributed by atoms with van der Waals surface area (Å²) in [7, 11) is 0. The van der Waals surface area contributed by atoms with Gasteiger partial charge in [-0.25, -0.2) is 0 Å². The van der Waals surface area contributed by atoms with Gasteiger partial charge in [-0.15, -0.1) is 11.3 Å².